The highest BCUT2D eigenvalue weighted by Gasteiger charge is 2.19. The van der Waals surface area contributed by atoms with Gasteiger partial charge in [-0.3, -0.25) is 4.79 Å². The van der Waals surface area contributed by atoms with Gasteiger partial charge in [-0.2, -0.15) is 0 Å². The maximum absolute atomic E-state index is 12.7. The van der Waals surface area contributed by atoms with Gasteiger partial charge in [-0.1, -0.05) is 36.4 Å². The lowest BCUT2D eigenvalue weighted by Crippen LogP contribution is -2.30. The van der Waals surface area contributed by atoms with Crippen LogP contribution in [0.15, 0.2) is 53.4 Å². The maximum Gasteiger partial charge on any atom is 0.254 e. The van der Waals surface area contributed by atoms with Gasteiger partial charge in [0, 0.05) is 18.7 Å². The normalized spacial score (nSPS) is 11.3. The first-order valence-corrected chi connectivity index (χ1v) is 8.84. The quantitative estimate of drug-likeness (QED) is 0.912. The first kappa shape index (κ1) is 17.2. The van der Waals surface area contributed by atoms with Gasteiger partial charge in [0.05, 0.1) is 4.90 Å². The van der Waals surface area contributed by atoms with E-state index in [9.17, 15) is 13.2 Å². The lowest BCUT2D eigenvalue weighted by Gasteiger charge is -2.21. The zero-order valence-electron chi connectivity index (χ0n) is 13.2. The minimum absolute atomic E-state index is 0.0147. The van der Waals surface area contributed by atoms with Crippen LogP contribution in [0.5, 0.6) is 0 Å². The summed E-state index contributed by atoms with van der Waals surface area (Å²) in [6.07, 6.45) is 0. The first-order valence-electron chi connectivity index (χ1n) is 7.29. The third-order valence-electron chi connectivity index (χ3n) is 3.63. The smallest absolute Gasteiger partial charge is 0.254 e. The summed E-state index contributed by atoms with van der Waals surface area (Å²) in [4.78, 5) is 14.3. The van der Waals surface area contributed by atoms with E-state index in [-0.39, 0.29) is 10.8 Å². The molecule has 0 atom stereocenters. The van der Waals surface area contributed by atoms with Crippen LogP contribution in [0.1, 0.15) is 28.4 Å². The molecule has 0 saturated heterocycles. The number of benzene rings is 2. The minimum Gasteiger partial charge on any atom is -0.335 e. The van der Waals surface area contributed by atoms with Crippen LogP contribution in [0.4, 0.5) is 0 Å². The fourth-order valence-electron chi connectivity index (χ4n) is 2.35. The molecule has 6 heteroatoms. The number of sulfonamides is 1. The minimum atomic E-state index is -3.85. The Labute approximate surface area is 136 Å². The van der Waals surface area contributed by atoms with Crippen molar-refractivity contribution in [3.05, 3.63) is 65.2 Å². The van der Waals surface area contributed by atoms with Crippen LogP contribution in [0.25, 0.3) is 0 Å². The Morgan fingerprint density at radius 1 is 1.13 bits per heavy atom. The van der Waals surface area contributed by atoms with Crippen LogP contribution in [0, 0.1) is 6.92 Å². The fraction of sp³-hybridized carbons (Fsp3) is 0.235. The SMILES string of the molecule is CCN(Cc1ccccc1)C(=O)c1ccc(C)c(S(N)(=O)=O)c1. The van der Waals surface area contributed by atoms with E-state index in [1.54, 1.807) is 24.0 Å². The van der Waals surface area contributed by atoms with Crippen LogP contribution in [-0.2, 0) is 16.6 Å². The molecule has 122 valence electrons. The summed E-state index contributed by atoms with van der Waals surface area (Å²) in [5.74, 6) is -0.221. The fourth-order valence-corrected chi connectivity index (χ4v) is 3.16. The van der Waals surface area contributed by atoms with Crippen molar-refractivity contribution in [3.63, 3.8) is 0 Å². The molecule has 0 aliphatic heterocycles. The summed E-state index contributed by atoms with van der Waals surface area (Å²) in [5.41, 5.74) is 1.86. The summed E-state index contributed by atoms with van der Waals surface area (Å²) >= 11 is 0. The van der Waals surface area contributed by atoms with Gasteiger partial charge in [0.2, 0.25) is 10.0 Å². The van der Waals surface area contributed by atoms with Crippen molar-refractivity contribution < 1.29 is 13.2 Å². The average molecular weight is 332 g/mol. The first-order chi connectivity index (χ1) is 10.8. The molecular weight excluding hydrogens is 312 g/mol. The monoisotopic (exact) mass is 332 g/mol. The van der Waals surface area contributed by atoms with E-state index in [1.165, 1.54) is 6.07 Å². The van der Waals surface area contributed by atoms with E-state index in [0.717, 1.165) is 5.56 Å². The summed E-state index contributed by atoms with van der Waals surface area (Å²) in [6, 6.07) is 14.2. The van der Waals surface area contributed by atoms with Crippen molar-refractivity contribution in [2.45, 2.75) is 25.3 Å². The maximum atomic E-state index is 12.7. The summed E-state index contributed by atoms with van der Waals surface area (Å²) in [5, 5.41) is 5.21. The van der Waals surface area contributed by atoms with Crippen molar-refractivity contribution >= 4 is 15.9 Å². The second-order valence-corrected chi connectivity index (χ2v) is 6.86. The van der Waals surface area contributed by atoms with Crippen molar-refractivity contribution in [2.75, 3.05) is 6.54 Å². The van der Waals surface area contributed by atoms with E-state index < -0.39 is 10.0 Å². The highest BCUT2D eigenvalue weighted by atomic mass is 32.2. The zero-order chi connectivity index (χ0) is 17.0. The second-order valence-electron chi connectivity index (χ2n) is 5.33. The average Bonchev–Trinajstić information content (AvgIpc) is 2.52. The van der Waals surface area contributed by atoms with Crippen LogP contribution < -0.4 is 5.14 Å². The largest absolute Gasteiger partial charge is 0.335 e. The van der Waals surface area contributed by atoms with Gasteiger partial charge >= 0.3 is 0 Å². The van der Waals surface area contributed by atoms with Gasteiger partial charge < -0.3 is 4.90 Å². The van der Waals surface area contributed by atoms with Crippen molar-refractivity contribution in [1.29, 1.82) is 0 Å². The highest BCUT2D eigenvalue weighted by Crippen LogP contribution is 2.18. The van der Waals surface area contributed by atoms with E-state index >= 15 is 0 Å². The molecule has 1 amide bonds. The molecule has 0 spiro atoms. The van der Waals surface area contributed by atoms with Gasteiger partial charge in [0.15, 0.2) is 0 Å². The number of hydrogen-bond acceptors (Lipinski definition) is 3. The number of hydrogen-bond donors (Lipinski definition) is 1. The topological polar surface area (TPSA) is 80.5 Å². The Balaban J connectivity index is 2.31. The predicted molar refractivity (Wildman–Crippen MR) is 89.4 cm³/mol. The van der Waals surface area contributed by atoms with Crippen LogP contribution in [-0.4, -0.2) is 25.8 Å². The molecule has 0 unspecified atom stereocenters. The summed E-state index contributed by atoms with van der Waals surface area (Å²) < 4.78 is 23.2. The molecule has 0 heterocycles. The molecule has 0 aliphatic carbocycles. The molecule has 0 aliphatic rings. The molecule has 2 rings (SSSR count). The second kappa shape index (κ2) is 6.93. The lowest BCUT2D eigenvalue weighted by atomic mass is 10.1. The molecule has 0 saturated carbocycles. The number of nitrogens with zero attached hydrogens (tertiary/aromatic N) is 1. The molecular formula is C17H20N2O3S. The molecule has 0 bridgehead atoms. The molecule has 5 nitrogen and oxygen atoms in total. The number of nitrogens with two attached hydrogens (primary N) is 1. The van der Waals surface area contributed by atoms with Crippen molar-refractivity contribution in [1.82, 2.24) is 4.90 Å². The number of primary sulfonamides is 1. The molecule has 0 aromatic heterocycles. The molecule has 2 aromatic carbocycles. The van der Waals surface area contributed by atoms with Gasteiger partial charge in [0.1, 0.15) is 0 Å². The van der Waals surface area contributed by atoms with E-state index in [2.05, 4.69) is 0 Å². The molecule has 0 radical (unpaired) electrons. The third kappa shape index (κ3) is 4.18. The number of carbonyl (C=O) groups excluding carboxylic acids is 1. The number of rotatable bonds is 5. The van der Waals surface area contributed by atoms with Crippen LogP contribution >= 0.6 is 0 Å². The van der Waals surface area contributed by atoms with Crippen LogP contribution in [0.3, 0.4) is 0 Å². The van der Waals surface area contributed by atoms with E-state index in [4.69, 9.17) is 5.14 Å². The standard InChI is InChI=1S/C17H20N2O3S/c1-3-19(12-14-7-5-4-6-8-14)17(20)15-10-9-13(2)16(11-15)23(18,21)22/h4-11H,3,12H2,1-2H3,(H2,18,21,22). The lowest BCUT2D eigenvalue weighted by molar-refractivity contribution is 0.0752. The molecule has 0 fully saturated rings. The zero-order valence-corrected chi connectivity index (χ0v) is 14.0. The molecule has 23 heavy (non-hydrogen) atoms. The van der Waals surface area contributed by atoms with Crippen molar-refractivity contribution in [2.24, 2.45) is 5.14 Å². The Morgan fingerprint density at radius 2 is 1.78 bits per heavy atom. The summed E-state index contributed by atoms with van der Waals surface area (Å²) in [6.45, 7) is 4.52. The highest BCUT2D eigenvalue weighted by molar-refractivity contribution is 7.89. The van der Waals surface area contributed by atoms with E-state index in [1.807, 2.05) is 37.3 Å². The summed E-state index contributed by atoms with van der Waals surface area (Å²) in [7, 11) is -3.85. The van der Waals surface area contributed by atoms with Gasteiger partial charge in [-0.15, -0.1) is 0 Å². The van der Waals surface area contributed by atoms with Gasteiger partial charge in [0.25, 0.3) is 5.91 Å². The third-order valence-corrected chi connectivity index (χ3v) is 4.68. The van der Waals surface area contributed by atoms with Crippen LogP contribution in [0.2, 0.25) is 0 Å². The molecule has 2 aromatic rings. The number of amides is 1. The van der Waals surface area contributed by atoms with Gasteiger partial charge in [-0.25, -0.2) is 13.6 Å². The predicted octanol–water partition coefficient (Wildman–Crippen LogP) is 2.30. The Bertz CT molecular complexity index is 802. The van der Waals surface area contributed by atoms with Crippen molar-refractivity contribution in [3.8, 4) is 0 Å². The Hall–Kier alpha value is -2.18. The number of carbonyl (C=O) groups is 1. The van der Waals surface area contributed by atoms with Gasteiger partial charge in [-0.05, 0) is 37.1 Å². The van der Waals surface area contributed by atoms with E-state index in [0.29, 0.717) is 24.2 Å². The molecule has 2 N–H and O–H groups in total. The number of aryl methyl sites for hydroxylation is 1. The Morgan fingerprint density at radius 3 is 2.35 bits per heavy atom. The Kier molecular flexibility index (Phi) is 5.18.